The van der Waals surface area contributed by atoms with Crippen LogP contribution in [0.2, 0.25) is 0 Å². The maximum atomic E-state index is 5.91. The van der Waals surface area contributed by atoms with Crippen molar-refractivity contribution in [3.8, 4) is 11.8 Å². The number of fused-ring (bicyclic) bond motifs is 2. The molecule has 4 N–H and O–H groups in total. The van der Waals surface area contributed by atoms with Gasteiger partial charge in [-0.05, 0) is 56.5 Å². The number of imidazole rings is 1. The van der Waals surface area contributed by atoms with Crippen LogP contribution in [0.1, 0.15) is 43.8 Å². The lowest BCUT2D eigenvalue weighted by Gasteiger charge is -2.05. The van der Waals surface area contributed by atoms with Crippen LogP contribution in [0, 0.1) is 18.8 Å². The second-order valence-electron chi connectivity index (χ2n) is 7.61. The molecule has 5 rings (SSSR count). The molecule has 1 unspecified atom stereocenters. The Morgan fingerprint density at radius 2 is 2.03 bits per heavy atom. The van der Waals surface area contributed by atoms with Crippen LogP contribution >= 0.6 is 0 Å². The normalized spacial score (nSPS) is 14.8. The summed E-state index contributed by atoms with van der Waals surface area (Å²) in [6, 6.07) is 8.43. The molecule has 1 atom stereocenters. The fourth-order valence-electron chi connectivity index (χ4n) is 3.71. The minimum atomic E-state index is 0.427. The summed E-state index contributed by atoms with van der Waals surface area (Å²) in [5, 5.41) is 11.2. The van der Waals surface area contributed by atoms with Gasteiger partial charge in [0.2, 0.25) is 0 Å². The largest absolute Gasteiger partial charge is 0.383 e. The van der Waals surface area contributed by atoms with E-state index in [1.165, 1.54) is 19.4 Å². The van der Waals surface area contributed by atoms with Gasteiger partial charge in [0.05, 0.1) is 28.5 Å². The Labute approximate surface area is 194 Å². The van der Waals surface area contributed by atoms with Crippen molar-refractivity contribution in [2.75, 3.05) is 26.0 Å². The molecule has 0 bridgehead atoms. The number of aromatic amines is 1. The van der Waals surface area contributed by atoms with Gasteiger partial charge >= 0.3 is 0 Å². The fourth-order valence-corrected chi connectivity index (χ4v) is 3.71. The average molecular weight is 448 g/mol. The summed E-state index contributed by atoms with van der Waals surface area (Å²) in [4.78, 5) is 8.61. The predicted octanol–water partition coefficient (Wildman–Crippen LogP) is 3.55. The molecule has 8 heteroatoms. The first-order valence-electron chi connectivity index (χ1n) is 11.3. The standard InChI is InChI=1S/C17H14N6.C6H13NO.C2H6/c1-10-20-14-9-11(4-6-15(14)23(10)2)3-5-12-16-13(22-21-12)7-8-19-17(16)18;1-8-5-6-3-2-4-7-6;1-2/h4,6-9H,1-2H3,(H2,18,19)(H,21,22);6-7H,2-5H2,1H3;1-2H3. The number of nitrogens with two attached hydrogens (primary N) is 1. The van der Waals surface area contributed by atoms with E-state index in [4.69, 9.17) is 10.5 Å². The lowest BCUT2D eigenvalue weighted by atomic mass is 10.2. The maximum Gasteiger partial charge on any atom is 0.135 e. The summed E-state index contributed by atoms with van der Waals surface area (Å²) in [6.45, 7) is 8.03. The van der Waals surface area contributed by atoms with Crippen LogP contribution in [-0.2, 0) is 11.8 Å². The number of hydrogen-bond donors (Lipinski definition) is 3. The van der Waals surface area contributed by atoms with Crippen molar-refractivity contribution < 1.29 is 4.74 Å². The molecule has 4 aromatic rings. The van der Waals surface area contributed by atoms with E-state index in [1.54, 1.807) is 19.4 Å². The quantitative estimate of drug-likeness (QED) is 0.406. The summed E-state index contributed by atoms with van der Waals surface area (Å²) in [7, 11) is 3.75. The Morgan fingerprint density at radius 3 is 2.76 bits per heavy atom. The van der Waals surface area contributed by atoms with Gasteiger partial charge in [-0.25, -0.2) is 9.97 Å². The SMILES string of the molecule is CC.COCC1CCCN1.Cc1nc2cc(C#Cc3[nH]nc4ccnc(N)c34)ccc2n1C. The van der Waals surface area contributed by atoms with E-state index in [1.807, 2.05) is 46.0 Å². The number of rotatable bonds is 2. The molecule has 1 aromatic carbocycles. The van der Waals surface area contributed by atoms with E-state index >= 15 is 0 Å². The predicted molar refractivity (Wildman–Crippen MR) is 134 cm³/mol. The smallest absolute Gasteiger partial charge is 0.135 e. The van der Waals surface area contributed by atoms with E-state index in [-0.39, 0.29) is 0 Å². The second kappa shape index (κ2) is 11.5. The number of ether oxygens (including phenoxy) is 1. The zero-order chi connectivity index (χ0) is 23.8. The van der Waals surface area contributed by atoms with Gasteiger partial charge in [-0.15, -0.1) is 0 Å². The number of hydrogen-bond acceptors (Lipinski definition) is 6. The van der Waals surface area contributed by atoms with Crippen LogP contribution in [0.15, 0.2) is 30.5 Å². The highest BCUT2D eigenvalue weighted by Crippen LogP contribution is 2.20. The lowest BCUT2D eigenvalue weighted by molar-refractivity contribution is 0.173. The Balaban J connectivity index is 0.000000258. The first kappa shape index (κ1) is 24.2. The van der Waals surface area contributed by atoms with Gasteiger partial charge in [-0.2, -0.15) is 5.10 Å². The molecular weight excluding hydrogens is 414 g/mol. The van der Waals surface area contributed by atoms with E-state index in [2.05, 4.69) is 41.9 Å². The van der Waals surface area contributed by atoms with Gasteiger partial charge in [-0.1, -0.05) is 19.8 Å². The van der Waals surface area contributed by atoms with Crippen molar-refractivity contribution in [1.29, 1.82) is 0 Å². The maximum absolute atomic E-state index is 5.91. The minimum Gasteiger partial charge on any atom is -0.383 e. The number of aromatic nitrogens is 5. The van der Waals surface area contributed by atoms with Crippen molar-refractivity contribution in [3.05, 3.63) is 47.5 Å². The molecule has 1 saturated heterocycles. The van der Waals surface area contributed by atoms with E-state index in [0.29, 0.717) is 17.6 Å². The number of benzene rings is 1. The number of pyridine rings is 1. The minimum absolute atomic E-state index is 0.427. The van der Waals surface area contributed by atoms with Crippen molar-refractivity contribution in [2.24, 2.45) is 7.05 Å². The molecule has 0 radical (unpaired) electrons. The van der Waals surface area contributed by atoms with Gasteiger partial charge in [0, 0.05) is 32.0 Å². The molecule has 0 spiro atoms. The van der Waals surface area contributed by atoms with Gasteiger partial charge in [0.25, 0.3) is 0 Å². The molecular formula is C25H33N7O. The van der Waals surface area contributed by atoms with Crippen molar-refractivity contribution in [1.82, 2.24) is 30.0 Å². The van der Waals surface area contributed by atoms with Crippen molar-refractivity contribution >= 4 is 27.8 Å². The van der Waals surface area contributed by atoms with Gasteiger partial charge in [0.15, 0.2) is 0 Å². The Kier molecular flexibility index (Phi) is 8.41. The highest BCUT2D eigenvalue weighted by molar-refractivity contribution is 5.92. The molecule has 1 aliphatic heterocycles. The molecule has 4 heterocycles. The zero-order valence-electron chi connectivity index (χ0n) is 20.1. The Hall–Kier alpha value is -3.41. The van der Waals surface area contributed by atoms with Crippen LogP contribution in [0.3, 0.4) is 0 Å². The topological polar surface area (TPSA) is 107 Å². The zero-order valence-corrected chi connectivity index (χ0v) is 20.1. The average Bonchev–Trinajstić information content (AvgIpc) is 3.55. The summed E-state index contributed by atoms with van der Waals surface area (Å²) in [5.74, 6) is 7.62. The van der Waals surface area contributed by atoms with Crippen LogP contribution in [0.4, 0.5) is 5.82 Å². The third-order valence-electron chi connectivity index (χ3n) is 5.46. The third kappa shape index (κ3) is 5.69. The number of nitrogens with zero attached hydrogens (tertiary/aromatic N) is 4. The summed E-state index contributed by atoms with van der Waals surface area (Å²) in [5.41, 5.74) is 10.3. The van der Waals surface area contributed by atoms with E-state index < -0.39 is 0 Å². The summed E-state index contributed by atoms with van der Waals surface area (Å²) in [6.07, 6.45) is 4.23. The van der Waals surface area contributed by atoms with Crippen molar-refractivity contribution in [2.45, 2.75) is 39.7 Å². The Bertz CT molecular complexity index is 1260. The number of nitrogens with one attached hydrogen (secondary N) is 2. The van der Waals surface area contributed by atoms with Crippen LogP contribution < -0.4 is 11.1 Å². The number of nitrogen functional groups attached to an aromatic ring is 1. The summed E-state index contributed by atoms with van der Waals surface area (Å²) < 4.78 is 7.02. The number of anilines is 1. The van der Waals surface area contributed by atoms with Gasteiger partial charge in [-0.3, -0.25) is 5.10 Å². The molecule has 0 saturated carbocycles. The van der Waals surface area contributed by atoms with Crippen LogP contribution in [0.5, 0.6) is 0 Å². The highest BCUT2D eigenvalue weighted by Gasteiger charge is 2.12. The number of methoxy groups -OCH3 is 1. The third-order valence-corrected chi connectivity index (χ3v) is 5.46. The van der Waals surface area contributed by atoms with Gasteiger partial charge in [0.1, 0.15) is 17.3 Å². The fraction of sp³-hybridized carbons (Fsp3) is 0.400. The first-order chi connectivity index (χ1) is 16.1. The molecule has 0 amide bonds. The Morgan fingerprint density at radius 1 is 1.21 bits per heavy atom. The van der Waals surface area contributed by atoms with Crippen molar-refractivity contribution in [3.63, 3.8) is 0 Å². The molecule has 8 nitrogen and oxygen atoms in total. The van der Waals surface area contributed by atoms with Gasteiger partial charge < -0.3 is 20.4 Å². The lowest BCUT2D eigenvalue weighted by Crippen LogP contribution is -2.25. The molecule has 1 fully saturated rings. The summed E-state index contributed by atoms with van der Waals surface area (Å²) >= 11 is 0. The number of aryl methyl sites for hydroxylation is 2. The van der Waals surface area contributed by atoms with Crippen LogP contribution in [0.25, 0.3) is 21.9 Å². The van der Waals surface area contributed by atoms with E-state index in [9.17, 15) is 0 Å². The number of H-pyrrole nitrogens is 1. The molecule has 0 aliphatic carbocycles. The molecule has 174 valence electrons. The first-order valence-corrected chi connectivity index (χ1v) is 11.3. The molecule has 33 heavy (non-hydrogen) atoms. The van der Waals surface area contributed by atoms with Crippen LogP contribution in [-0.4, -0.2) is 51.0 Å². The molecule has 1 aliphatic rings. The highest BCUT2D eigenvalue weighted by atomic mass is 16.5. The second-order valence-corrected chi connectivity index (χ2v) is 7.61. The monoisotopic (exact) mass is 447 g/mol. The van der Waals surface area contributed by atoms with E-state index in [0.717, 1.165) is 39.9 Å². The molecule has 3 aromatic heterocycles.